The summed E-state index contributed by atoms with van der Waals surface area (Å²) in [5.41, 5.74) is -0.0297. The fourth-order valence-electron chi connectivity index (χ4n) is 3.71. The van der Waals surface area contributed by atoms with E-state index in [1.807, 2.05) is 7.05 Å². The molecule has 2 N–H and O–H groups in total. The summed E-state index contributed by atoms with van der Waals surface area (Å²) in [6.07, 6.45) is 4.74. The van der Waals surface area contributed by atoms with Gasteiger partial charge in [0.2, 0.25) is 0 Å². The van der Waals surface area contributed by atoms with E-state index < -0.39 is 0 Å². The molecule has 4 heteroatoms. The number of likely N-dealkylation sites (N-methyl/N-ethyl adjacent to an activating group) is 1. The molecule has 1 aliphatic heterocycles. The van der Waals surface area contributed by atoms with E-state index in [4.69, 9.17) is 0 Å². The standard InChI is InChI=1S/C15H31N3O/c1-13(2)17-7-9-18(10-8-17)14-5-4-6-15(11-14,12-19)16-3/h13-14,16,19H,4-12H2,1-3H3. The van der Waals surface area contributed by atoms with Crippen molar-refractivity contribution in [3.8, 4) is 0 Å². The first-order valence-corrected chi connectivity index (χ1v) is 7.88. The van der Waals surface area contributed by atoms with Crippen molar-refractivity contribution in [2.24, 2.45) is 0 Å². The third kappa shape index (κ3) is 3.48. The molecule has 2 rings (SSSR count). The van der Waals surface area contributed by atoms with Gasteiger partial charge in [-0.1, -0.05) is 0 Å². The summed E-state index contributed by atoms with van der Waals surface area (Å²) in [6, 6.07) is 1.32. The van der Waals surface area contributed by atoms with Gasteiger partial charge >= 0.3 is 0 Å². The first kappa shape index (κ1) is 15.2. The Kier molecular flexibility index (Phi) is 5.23. The van der Waals surface area contributed by atoms with Crippen molar-refractivity contribution >= 4 is 0 Å². The van der Waals surface area contributed by atoms with Crippen LogP contribution in [-0.2, 0) is 0 Å². The second-order valence-corrected chi connectivity index (χ2v) is 6.60. The first-order valence-electron chi connectivity index (χ1n) is 7.88. The molecule has 0 bridgehead atoms. The van der Waals surface area contributed by atoms with Crippen LogP contribution in [0.25, 0.3) is 0 Å². The van der Waals surface area contributed by atoms with E-state index in [2.05, 4.69) is 29.0 Å². The van der Waals surface area contributed by atoms with Gasteiger partial charge in [-0.05, 0) is 46.6 Å². The van der Waals surface area contributed by atoms with E-state index in [-0.39, 0.29) is 12.1 Å². The van der Waals surface area contributed by atoms with Crippen LogP contribution >= 0.6 is 0 Å². The van der Waals surface area contributed by atoms with Gasteiger partial charge in [0.05, 0.1) is 6.61 Å². The fourth-order valence-corrected chi connectivity index (χ4v) is 3.71. The smallest absolute Gasteiger partial charge is 0.0613 e. The summed E-state index contributed by atoms with van der Waals surface area (Å²) in [4.78, 5) is 5.22. The maximum atomic E-state index is 9.68. The van der Waals surface area contributed by atoms with Crippen LogP contribution < -0.4 is 5.32 Å². The van der Waals surface area contributed by atoms with Gasteiger partial charge in [-0.15, -0.1) is 0 Å². The van der Waals surface area contributed by atoms with Crippen LogP contribution in [0.5, 0.6) is 0 Å². The molecule has 2 atom stereocenters. The Hall–Kier alpha value is -0.160. The molecule has 1 aliphatic carbocycles. The molecule has 1 heterocycles. The van der Waals surface area contributed by atoms with E-state index >= 15 is 0 Å². The lowest BCUT2D eigenvalue weighted by molar-refractivity contribution is 0.0283. The minimum atomic E-state index is -0.0297. The molecule has 0 spiro atoms. The SMILES string of the molecule is CNC1(CO)CCCC(N2CCN(C(C)C)CC2)C1. The summed E-state index contributed by atoms with van der Waals surface area (Å²) in [5, 5.41) is 13.1. The number of piperazine rings is 1. The number of rotatable bonds is 4. The second kappa shape index (κ2) is 6.53. The monoisotopic (exact) mass is 269 g/mol. The molecule has 112 valence electrons. The van der Waals surface area contributed by atoms with Crippen LogP contribution in [0.2, 0.25) is 0 Å². The van der Waals surface area contributed by atoms with Gasteiger partial charge in [0, 0.05) is 43.8 Å². The number of nitrogens with zero attached hydrogens (tertiary/aromatic N) is 2. The highest BCUT2D eigenvalue weighted by Crippen LogP contribution is 2.31. The molecule has 2 unspecified atom stereocenters. The molecule has 2 aliphatic rings. The van der Waals surface area contributed by atoms with Crippen molar-refractivity contribution in [2.75, 3.05) is 39.8 Å². The van der Waals surface area contributed by atoms with Crippen molar-refractivity contribution in [2.45, 2.75) is 57.2 Å². The molecule has 1 saturated heterocycles. The van der Waals surface area contributed by atoms with Gasteiger partial charge in [0.25, 0.3) is 0 Å². The highest BCUT2D eigenvalue weighted by Gasteiger charge is 2.37. The third-order valence-electron chi connectivity index (χ3n) is 5.25. The Morgan fingerprint density at radius 1 is 1.26 bits per heavy atom. The molecular weight excluding hydrogens is 238 g/mol. The third-order valence-corrected chi connectivity index (χ3v) is 5.25. The molecular formula is C15H31N3O. The zero-order chi connectivity index (χ0) is 13.9. The maximum absolute atomic E-state index is 9.68. The van der Waals surface area contributed by atoms with E-state index in [1.54, 1.807) is 0 Å². The molecule has 1 saturated carbocycles. The van der Waals surface area contributed by atoms with E-state index in [0.717, 1.165) is 12.8 Å². The number of nitrogens with one attached hydrogen (secondary N) is 1. The van der Waals surface area contributed by atoms with Crippen LogP contribution in [0, 0.1) is 0 Å². The van der Waals surface area contributed by atoms with Crippen LogP contribution in [-0.4, -0.2) is 72.4 Å². The molecule has 0 radical (unpaired) electrons. The van der Waals surface area contributed by atoms with Crippen molar-refractivity contribution in [1.29, 1.82) is 0 Å². The van der Waals surface area contributed by atoms with E-state index in [1.165, 1.54) is 39.0 Å². The number of aliphatic hydroxyl groups excluding tert-OH is 1. The molecule has 2 fully saturated rings. The first-order chi connectivity index (χ1) is 9.10. The summed E-state index contributed by atoms with van der Waals surface area (Å²) in [6.45, 7) is 9.61. The zero-order valence-electron chi connectivity index (χ0n) is 12.9. The molecule has 0 amide bonds. The van der Waals surface area contributed by atoms with Gasteiger partial charge in [0.1, 0.15) is 0 Å². The summed E-state index contributed by atoms with van der Waals surface area (Å²) in [7, 11) is 2.00. The van der Waals surface area contributed by atoms with Crippen molar-refractivity contribution in [3.05, 3.63) is 0 Å². The van der Waals surface area contributed by atoms with Crippen molar-refractivity contribution in [1.82, 2.24) is 15.1 Å². The molecule has 0 aromatic rings. The normalized spacial score (nSPS) is 34.9. The lowest BCUT2D eigenvalue weighted by Crippen LogP contribution is -2.58. The van der Waals surface area contributed by atoms with Crippen LogP contribution in [0.3, 0.4) is 0 Å². The Balaban J connectivity index is 1.89. The van der Waals surface area contributed by atoms with Gasteiger partial charge in [-0.2, -0.15) is 0 Å². The summed E-state index contributed by atoms with van der Waals surface area (Å²) >= 11 is 0. The second-order valence-electron chi connectivity index (χ2n) is 6.60. The summed E-state index contributed by atoms with van der Waals surface area (Å²) < 4.78 is 0. The van der Waals surface area contributed by atoms with Crippen molar-refractivity contribution < 1.29 is 5.11 Å². The van der Waals surface area contributed by atoms with Gasteiger partial charge < -0.3 is 10.4 Å². The van der Waals surface area contributed by atoms with Crippen LogP contribution in [0.15, 0.2) is 0 Å². The van der Waals surface area contributed by atoms with E-state index in [0.29, 0.717) is 12.1 Å². The number of hydrogen-bond acceptors (Lipinski definition) is 4. The average molecular weight is 269 g/mol. The predicted octanol–water partition coefficient (Wildman–Crippen LogP) is 0.905. The van der Waals surface area contributed by atoms with Crippen LogP contribution in [0.4, 0.5) is 0 Å². The Morgan fingerprint density at radius 3 is 2.47 bits per heavy atom. The largest absolute Gasteiger partial charge is 0.394 e. The Morgan fingerprint density at radius 2 is 1.95 bits per heavy atom. The highest BCUT2D eigenvalue weighted by atomic mass is 16.3. The van der Waals surface area contributed by atoms with Gasteiger partial charge in [0.15, 0.2) is 0 Å². The minimum absolute atomic E-state index is 0.0297. The fraction of sp³-hybridized carbons (Fsp3) is 1.00. The molecule has 0 aromatic carbocycles. The molecule has 19 heavy (non-hydrogen) atoms. The highest BCUT2D eigenvalue weighted by molar-refractivity contribution is 4.96. The van der Waals surface area contributed by atoms with Crippen molar-refractivity contribution in [3.63, 3.8) is 0 Å². The minimum Gasteiger partial charge on any atom is -0.394 e. The van der Waals surface area contributed by atoms with E-state index in [9.17, 15) is 5.11 Å². The number of aliphatic hydroxyl groups is 1. The summed E-state index contributed by atoms with van der Waals surface area (Å²) in [5.74, 6) is 0. The van der Waals surface area contributed by atoms with Gasteiger partial charge in [-0.3, -0.25) is 9.80 Å². The maximum Gasteiger partial charge on any atom is 0.0613 e. The zero-order valence-corrected chi connectivity index (χ0v) is 12.9. The molecule has 0 aromatic heterocycles. The Labute approximate surface area is 118 Å². The lowest BCUT2D eigenvalue weighted by Gasteiger charge is -2.47. The lowest BCUT2D eigenvalue weighted by atomic mass is 9.79. The predicted molar refractivity (Wildman–Crippen MR) is 79.4 cm³/mol. The molecule has 4 nitrogen and oxygen atoms in total. The van der Waals surface area contributed by atoms with Gasteiger partial charge in [-0.25, -0.2) is 0 Å². The average Bonchev–Trinajstić information content (AvgIpc) is 2.47. The number of hydrogen-bond donors (Lipinski definition) is 2. The Bertz CT molecular complexity index is 271. The van der Waals surface area contributed by atoms with Crippen LogP contribution in [0.1, 0.15) is 39.5 Å². The quantitative estimate of drug-likeness (QED) is 0.795. The topological polar surface area (TPSA) is 38.7 Å².